The van der Waals surface area contributed by atoms with Gasteiger partial charge in [-0.2, -0.15) is 34.3 Å². The summed E-state index contributed by atoms with van der Waals surface area (Å²) in [6, 6.07) is 7.84. The van der Waals surface area contributed by atoms with Crippen molar-refractivity contribution in [3.63, 3.8) is 0 Å². The molecule has 0 amide bonds. The van der Waals surface area contributed by atoms with Gasteiger partial charge in [0.2, 0.25) is 0 Å². The van der Waals surface area contributed by atoms with E-state index in [9.17, 15) is 21.6 Å². The first-order chi connectivity index (χ1) is 13.7. The van der Waals surface area contributed by atoms with E-state index in [0.29, 0.717) is 19.0 Å². The Balaban J connectivity index is 0.000000343. The highest BCUT2D eigenvalue weighted by atomic mass is 35.5. The lowest BCUT2D eigenvalue weighted by molar-refractivity contribution is -0.670. The van der Waals surface area contributed by atoms with Gasteiger partial charge in [-0.25, -0.2) is 4.57 Å². The summed E-state index contributed by atoms with van der Waals surface area (Å²) in [5.74, 6) is 0.367. The molecule has 0 saturated carbocycles. The molecule has 0 radical (unpaired) electrons. The summed E-state index contributed by atoms with van der Waals surface area (Å²) >= 11 is 6.04. The lowest BCUT2D eigenvalue weighted by Gasteiger charge is -2.29. The number of piperidine rings is 1. The predicted octanol–water partition coefficient (Wildman–Crippen LogP) is 2.33. The smallest absolute Gasteiger partial charge is 0.279 e. The van der Waals surface area contributed by atoms with Gasteiger partial charge in [-0.3, -0.25) is 4.55 Å². The molecule has 0 spiro atoms. The molecule has 1 aromatic carbocycles. The van der Waals surface area contributed by atoms with Crippen molar-refractivity contribution in [1.29, 1.82) is 0 Å². The molecule has 1 aliphatic rings. The fourth-order valence-corrected chi connectivity index (χ4v) is 4.49. The number of imidazole rings is 1. The molecule has 1 N–H and O–H groups in total. The van der Waals surface area contributed by atoms with E-state index in [4.69, 9.17) is 24.6 Å². The molecule has 2 heterocycles. The third-order valence-electron chi connectivity index (χ3n) is 4.40. The van der Waals surface area contributed by atoms with Crippen LogP contribution in [0.5, 0.6) is 0 Å². The molecule has 1 aromatic heterocycles. The fraction of sp³-hybridized carbons (Fsp3) is 0.438. The Kier molecular flexibility index (Phi) is 7.56. The first kappa shape index (κ1) is 24.6. The van der Waals surface area contributed by atoms with Gasteiger partial charge in [-0.1, -0.05) is 23.7 Å². The van der Waals surface area contributed by atoms with E-state index in [2.05, 4.69) is 6.07 Å². The van der Waals surface area contributed by atoms with Gasteiger partial charge in [0.05, 0.1) is 7.05 Å². The van der Waals surface area contributed by atoms with Crippen LogP contribution in [0.4, 0.5) is 13.2 Å². The maximum absolute atomic E-state index is 12.6. The number of nitrogens with zero attached hydrogens (tertiary/aromatic N) is 3. The molecule has 0 atom stereocenters. The summed E-state index contributed by atoms with van der Waals surface area (Å²) in [6.07, 6.45) is 6.48. The third-order valence-corrected chi connectivity index (χ3v) is 6.99. The van der Waals surface area contributed by atoms with Crippen molar-refractivity contribution in [2.24, 2.45) is 7.05 Å². The van der Waals surface area contributed by atoms with Crippen LogP contribution in [-0.4, -0.2) is 48.3 Å². The number of benzene rings is 1. The molecular formula is C16H20ClF3N3O5S2+. The quantitative estimate of drug-likeness (QED) is 0.404. The molecular weight excluding hydrogens is 471 g/mol. The van der Waals surface area contributed by atoms with Gasteiger partial charge in [-0.15, -0.1) is 3.97 Å². The minimum atomic E-state index is -5.84. The Morgan fingerprint density at radius 1 is 1.17 bits per heavy atom. The van der Waals surface area contributed by atoms with Gasteiger partial charge in [0.1, 0.15) is 12.4 Å². The highest BCUT2D eigenvalue weighted by Crippen LogP contribution is 2.30. The molecule has 30 heavy (non-hydrogen) atoms. The summed E-state index contributed by atoms with van der Waals surface area (Å²) in [5.41, 5.74) is -4.34. The van der Waals surface area contributed by atoms with Crippen LogP contribution in [0.15, 0.2) is 43.0 Å². The zero-order valence-corrected chi connectivity index (χ0v) is 18.1. The zero-order chi connectivity index (χ0) is 22.7. The molecule has 0 unspecified atom stereocenters. The van der Waals surface area contributed by atoms with Crippen LogP contribution in [0, 0.1) is 0 Å². The first-order valence-electron chi connectivity index (χ1n) is 8.55. The van der Waals surface area contributed by atoms with Crippen LogP contribution in [0.25, 0.3) is 0 Å². The lowest BCUT2D eigenvalue weighted by atomic mass is 9.90. The summed E-state index contributed by atoms with van der Waals surface area (Å²) in [5, 5.41) is 0.729. The fourth-order valence-electron chi connectivity index (χ4n) is 2.88. The van der Waals surface area contributed by atoms with Crippen LogP contribution in [0.1, 0.15) is 24.3 Å². The zero-order valence-electron chi connectivity index (χ0n) is 15.7. The highest BCUT2D eigenvalue weighted by Gasteiger charge is 2.44. The Morgan fingerprint density at radius 3 is 2.17 bits per heavy atom. The minimum Gasteiger partial charge on any atom is -0.279 e. The number of aryl methyl sites for hydroxylation is 1. The summed E-state index contributed by atoms with van der Waals surface area (Å²) in [7, 11) is -7.49. The monoisotopic (exact) mass is 490 g/mol. The van der Waals surface area contributed by atoms with Crippen LogP contribution in [0.2, 0.25) is 5.02 Å². The van der Waals surface area contributed by atoms with Gasteiger partial charge in [0.25, 0.3) is 6.33 Å². The summed E-state index contributed by atoms with van der Waals surface area (Å²) in [4.78, 5) is 0. The van der Waals surface area contributed by atoms with Crippen molar-refractivity contribution >= 4 is 31.9 Å². The maximum Gasteiger partial charge on any atom is 0.522 e. The largest absolute Gasteiger partial charge is 0.522 e. The Morgan fingerprint density at radius 2 is 1.73 bits per heavy atom. The maximum atomic E-state index is 12.6. The lowest BCUT2D eigenvalue weighted by Crippen LogP contribution is -2.41. The van der Waals surface area contributed by atoms with E-state index in [1.165, 1.54) is 9.54 Å². The molecule has 168 valence electrons. The third kappa shape index (κ3) is 6.17. The normalized spacial score (nSPS) is 16.7. The van der Waals surface area contributed by atoms with Crippen molar-refractivity contribution in [3.05, 3.63) is 53.6 Å². The van der Waals surface area contributed by atoms with Crippen molar-refractivity contribution < 1.29 is 39.1 Å². The van der Waals surface area contributed by atoms with Crippen molar-refractivity contribution in [1.82, 2.24) is 8.28 Å². The number of halogens is 4. The Bertz CT molecular complexity index is 1080. The Labute approximate surface area is 177 Å². The average molecular weight is 491 g/mol. The number of rotatable bonds is 3. The standard InChI is InChI=1S/C15H19ClN3O2S.CHF3O3S/c1-17-9-10-19(12-17)22(20,21)18-7-5-13(6-8-18)14-3-2-4-15(16)11-14;2-1(3,4)8(5,6)7/h2-4,9-13H,5-8H2,1H3;(H,5,6,7)/q+1;. The highest BCUT2D eigenvalue weighted by molar-refractivity contribution is 7.87. The van der Waals surface area contributed by atoms with E-state index in [-0.39, 0.29) is 0 Å². The topological polar surface area (TPSA) is 101 Å². The van der Waals surface area contributed by atoms with Gasteiger partial charge >= 0.3 is 25.8 Å². The second-order valence-electron chi connectivity index (χ2n) is 6.57. The SMILES string of the molecule is C[n+]1ccn(S(=O)(=O)N2CCC(c3cccc(Cl)c3)CC2)c1.O=S(=O)(O)C(F)(F)F. The number of hydrogen-bond donors (Lipinski definition) is 1. The van der Waals surface area contributed by atoms with Crippen LogP contribution >= 0.6 is 11.6 Å². The van der Waals surface area contributed by atoms with Gasteiger partial charge in [-0.05, 0) is 36.5 Å². The van der Waals surface area contributed by atoms with Gasteiger partial charge < -0.3 is 0 Å². The average Bonchev–Trinajstić information content (AvgIpc) is 3.08. The van der Waals surface area contributed by atoms with E-state index in [1.807, 2.05) is 18.2 Å². The van der Waals surface area contributed by atoms with Crippen molar-refractivity contribution in [2.45, 2.75) is 24.3 Å². The number of hydrogen-bond acceptors (Lipinski definition) is 4. The van der Waals surface area contributed by atoms with E-state index in [0.717, 1.165) is 17.9 Å². The number of aromatic nitrogens is 2. The Hall–Kier alpha value is -1.67. The summed E-state index contributed by atoms with van der Waals surface area (Å²) in [6.45, 7) is 1.06. The van der Waals surface area contributed by atoms with Gasteiger partial charge in [0, 0.05) is 18.1 Å². The molecule has 8 nitrogen and oxygen atoms in total. The molecule has 1 fully saturated rings. The number of alkyl halides is 3. The second kappa shape index (κ2) is 9.22. The molecule has 14 heteroatoms. The van der Waals surface area contributed by atoms with E-state index >= 15 is 0 Å². The van der Waals surface area contributed by atoms with Crippen molar-refractivity contribution in [3.8, 4) is 0 Å². The molecule has 0 aliphatic carbocycles. The van der Waals surface area contributed by atoms with Gasteiger partial charge in [0.15, 0.2) is 0 Å². The van der Waals surface area contributed by atoms with Crippen LogP contribution in [-0.2, 0) is 27.4 Å². The molecule has 0 bridgehead atoms. The molecule has 1 aliphatic heterocycles. The van der Waals surface area contributed by atoms with Crippen LogP contribution in [0.3, 0.4) is 0 Å². The van der Waals surface area contributed by atoms with Crippen LogP contribution < -0.4 is 4.57 Å². The first-order valence-corrected chi connectivity index (χ1v) is 11.8. The van der Waals surface area contributed by atoms with E-state index < -0.39 is 25.8 Å². The minimum absolute atomic E-state index is 0.367. The second-order valence-corrected chi connectivity index (χ2v) is 10.2. The molecule has 3 rings (SSSR count). The summed E-state index contributed by atoms with van der Waals surface area (Å²) < 4.78 is 87.2. The van der Waals surface area contributed by atoms with Crippen molar-refractivity contribution in [2.75, 3.05) is 13.1 Å². The van der Waals surface area contributed by atoms with E-state index in [1.54, 1.807) is 34.6 Å². The molecule has 1 saturated heterocycles. The predicted molar refractivity (Wildman–Crippen MR) is 103 cm³/mol. The molecule has 2 aromatic rings.